The van der Waals surface area contributed by atoms with Crippen molar-refractivity contribution in [3.63, 3.8) is 0 Å². The second-order valence-electron chi connectivity index (χ2n) is 6.70. The van der Waals surface area contributed by atoms with Crippen molar-refractivity contribution in [1.29, 1.82) is 0 Å². The van der Waals surface area contributed by atoms with Gasteiger partial charge in [-0.15, -0.1) is 0 Å². The van der Waals surface area contributed by atoms with E-state index in [0.29, 0.717) is 51.6 Å². The Morgan fingerprint density at radius 2 is 1.85 bits per heavy atom. The van der Waals surface area contributed by atoms with Crippen LogP contribution in [0, 0.1) is 10.1 Å². The van der Waals surface area contributed by atoms with Crippen molar-refractivity contribution in [1.82, 2.24) is 4.31 Å². The number of sulfonamides is 1. The summed E-state index contributed by atoms with van der Waals surface area (Å²) in [6, 6.07) is 4.96. The molecule has 0 radical (unpaired) electrons. The largest absolute Gasteiger partial charge is 0.378 e. The molecule has 0 bridgehead atoms. The van der Waals surface area contributed by atoms with Crippen molar-refractivity contribution < 1.29 is 18.1 Å². The smallest absolute Gasteiger partial charge is 0.292 e. The first-order chi connectivity index (χ1) is 12.3. The number of nitrogens with zero attached hydrogens (tertiary/aromatic N) is 4. The molecule has 9 nitrogen and oxygen atoms in total. The highest BCUT2D eigenvalue weighted by Crippen LogP contribution is 2.34. The fourth-order valence-corrected chi connectivity index (χ4v) is 4.72. The van der Waals surface area contributed by atoms with Gasteiger partial charge in [0.05, 0.1) is 24.4 Å². The van der Waals surface area contributed by atoms with Gasteiger partial charge >= 0.3 is 0 Å². The number of piperazine rings is 1. The van der Waals surface area contributed by atoms with Crippen molar-refractivity contribution in [2.75, 3.05) is 62.0 Å². The lowest BCUT2D eigenvalue weighted by Gasteiger charge is -2.39. The highest BCUT2D eigenvalue weighted by molar-refractivity contribution is 7.88. The summed E-state index contributed by atoms with van der Waals surface area (Å²) in [5.74, 6) is 0. The van der Waals surface area contributed by atoms with Crippen LogP contribution in [0.25, 0.3) is 0 Å². The third-order valence-electron chi connectivity index (χ3n) is 4.87. The molecule has 2 fully saturated rings. The Balaban J connectivity index is 1.86. The summed E-state index contributed by atoms with van der Waals surface area (Å²) in [7, 11) is -3.23. The van der Waals surface area contributed by atoms with Gasteiger partial charge < -0.3 is 14.5 Å². The lowest BCUT2D eigenvalue weighted by Crippen LogP contribution is -2.53. The molecule has 0 aliphatic carbocycles. The maximum atomic E-state index is 11.8. The van der Waals surface area contributed by atoms with E-state index in [-0.39, 0.29) is 16.7 Å². The average molecular weight is 384 g/mol. The molecule has 10 heteroatoms. The van der Waals surface area contributed by atoms with Crippen LogP contribution in [0.15, 0.2) is 18.2 Å². The number of morpholine rings is 1. The lowest BCUT2D eigenvalue weighted by molar-refractivity contribution is -0.384. The van der Waals surface area contributed by atoms with Crippen molar-refractivity contribution in [3.05, 3.63) is 28.3 Å². The molecule has 0 amide bonds. The van der Waals surface area contributed by atoms with Crippen molar-refractivity contribution >= 4 is 27.1 Å². The summed E-state index contributed by atoms with van der Waals surface area (Å²) in [6.45, 7) is 5.71. The van der Waals surface area contributed by atoms with Crippen LogP contribution in [0.2, 0.25) is 0 Å². The summed E-state index contributed by atoms with van der Waals surface area (Å²) >= 11 is 0. The zero-order chi connectivity index (χ0) is 18.9. The van der Waals surface area contributed by atoms with Crippen LogP contribution in [0.3, 0.4) is 0 Å². The van der Waals surface area contributed by atoms with Crippen molar-refractivity contribution in [3.8, 4) is 0 Å². The van der Waals surface area contributed by atoms with E-state index >= 15 is 0 Å². The monoisotopic (exact) mass is 384 g/mol. The van der Waals surface area contributed by atoms with Crippen LogP contribution in [0.4, 0.5) is 17.1 Å². The van der Waals surface area contributed by atoms with Gasteiger partial charge in [0, 0.05) is 50.5 Å². The molecule has 2 aliphatic heterocycles. The number of benzene rings is 1. The van der Waals surface area contributed by atoms with Crippen LogP contribution in [-0.2, 0) is 14.8 Å². The van der Waals surface area contributed by atoms with Gasteiger partial charge in [0.15, 0.2) is 0 Å². The highest BCUT2D eigenvalue weighted by Gasteiger charge is 2.31. The molecular formula is C16H24N4O5S. The van der Waals surface area contributed by atoms with Gasteiger partial charge in [0.2, 0.25) is 10.0 Å². The topological polar surface area (TPSA) is 96.2 Å². The van der Waals surface area contributed by atoms with Crippen LogP contribution >= 0.6 is 0 Å². The van der Waals surface area contributed by atoms with Crippen LogP contribution in [-0.4, -0.2) is 75.9 Å². The number of ether oxygens (including phenoxy) is 1. The zero-order valence-electron chi connectivity index (χ0n) is 15.0. The van der Waals surface area contributed by atoms with Crippen molar-refractivity contribution in [2.45, 2.75) is 13.0 Å². The number of anilines is 2. The maximum Gasteiger partial charge on any atom is 0.292 e. The molecule has 2 heterocycles. The molecule has 2 aliphatic rings. The molecular weight excluding hydrogens is 360 g/mol. The first-order valence-electron chi connectivity index (χ1n) is 8.60. The van der Waals surface area contributed by atoms with E-state index in [1.165, 1.54) is 16.6 Å². The Kier molecular flexibility index (Phi) is 5.35. The lowest BCUT2D eigenvalue weighted by atomic mass is 10.1. The number of nitro groups is 1. The standard InChI is InChI=1S/C16H24N4O5S/c1-13-12-18(5-6-19(13)26(2,23)24)14-3-4-15(20(21)22)16(11-14)17-7-9-25-10-8-17/h3-4,11,13H,5-10,12H2,1-2H3/t13-/m1/s1. The molecule has 26 heavy (non-hydrogen) atoms. The van der Waals surface area contributed by atoms with Crippen LogP contribution in [0.1, 0.15) is 6.92 Å². The van der Waals surface area contributed by atoms with E-state index in [1.807, 2.05) is 17.9 Å². The minimum Gasteiger partial charge on any atom is -0.378 e. The number of nitro benzene ring substituents is 1. The van der Waals surface area contributed by atoms with Gasteiger partial charge in [0.25, 0.3) is 5.69 Å². The summed E-state index contributed by atoms with van der Waals surface area (Å²) in [6.07, 6.45) is 1.22. The molecule has 1 atom stereocenters. The van der Waals surface area contributed by atoms with Gasteiger partial charge in [-0.25, -0.2) is 8.42 Å². The molecule has 0 aromatic heterocycles. The first-order valence-corrected chi connectivity index (χ1v) is 10.4. The Morgan fingerprint density at radius 3 is 2.42 bits per heavy atom. The SMILES string of the molecule is C[C@@H]1CN(c2ccc([N+](=O)[O-])c(N3CCOCC3)c2)CCN1S(C)(=O)=O. The van der Waals surface area contributed by atoms with E-state index in [0.717, 1.165) is 5.69 Å². The molecule has 3 rings (SSSR count). The number of hydrogen-bond donors (Lipinski definition) is 0. The van der Waals surface area contributed by atoms with E-state index in [2.05, 4.69) is 4.90 Å². The third kappa shape index (κ3) is 3.92. The predicted molar refractivity (Wildman–Crippen MR) is 99.4 cm³/mol. The van der Waals surface area contributed by atoms with E-state index in [4.69, 9.17) is 4.74 Å². The quantitative estimate of drug-likeness (QED) is 0.562. The molecule has 0 spiro atoms. The predicted octanol–water partition coefficient (Wildman–Crippen LogP) is 0.902. The van der Waals surface area contributed by atoms with Gasteiger partial charge in [-0.1, -0.05) is 0 Å². The fraction of sp³-hybridized carbons (Fsp3) is 0.625. The molecule has 0 N–H and O–H groups in total. The van der Waals surface area contributed by atoms with E-state index in [9.17, 15) is 18.5 Å². The van der Waals surface area contributed by atoms with Gasteiger partial charge in [-0.2, -0.15) is 4.31 Å². The Bertz CT molecular complexity index is 779. The minimum absolute atomic E-state index is 0.0819. The van der Waals surface area contributed by atoms with Gasteiger partial charge in [-0.05, 0) is 19.1 Å². The fourth-order valence-electron chi connectivity index (χ4n) is 3.59. The summed E-state index contributed by atoms with van der Waals surface area (Å²) < 4.78 is 30.5. The Morgan fingerprint density at radius 1 is 1.15 bits per heavy atom. The average Bonchev–Trinajstić information content (AvgIpc) is 2.60. The summed E-state index contributed by atoms with van der Waals surface area (Å²) in [5.41, 5.74) is 1.55. The van der Waals surface area contributed by atoms with Crippen LogP contribution < -0.4 is 9.80 Å². The summed E-state index contributed by atoms with van der Waals surface area (Å²) in [5, 5.41) is 11.4. The summed E-state index contributed by atoms with van der Waals surface area (Å²) in [4.78, 5) is 15.1. The number of rotatable bonds is 4. The second-order valence-corrected chi connectivity index (χ2v) is 8.63. The van der Waals surface area contributed by atoms with E-state index in [1.54, 1.807) is 6.07 Å². The van der Waals surface area contributed by atoms with Gasteiger partial charge in [0.1, 0.15) is 5.69 Å². The zero-order valence-corrected chi connectivity index (χ0v) is 15.8. The maximum absolute atomic E-state index is 11.8. The normalized spacial score (nSPS) is 22.5. The molecule has 1 aromatic carbocycles. The van der Waals surface area contributed by atoms with Crippen molar-refractivity contribution in [2.24, 2.45) is 0 Å². The Labute approximate surface area is 153 Å². The van der Waals surface area contributed by atoms with Crippen LogP contribution in [0.5, 0.6) is 0 Å². The van der Waals surface area contributed by atoms with E-state index < -0.39 is 10.0 Å². The second kappa shape index (κ2) is 7.37. The highest BCUT2D eigenvalue weighted by atomic mass is 32.2. The molecule has 0 unspecified atom stereocenters. The molecule has 144 valence electrons. The number of hydrogen-bond acceptors (Lipinski definition) is 7. The minimum atomic E-state index is -3.23. The molecule has 1 aromatic rings. The Hall–Kier alpha value is -1.91. The molecule has 2 saturated heterocycles. The first kappa shape index (κ1) is 18.9. The van der Waals surface area contributed by atoms with Gasteiger partial charge in [-0.3, -0.25) is 10.1 Å². The molecule has 0 saturated carbocycles. The third-order valence-corrected chi connectivity index (χ3v) is 6.26.